The van der Waals surface area contributed by atoms with Crippen LogP contribution in [-0.4, -0.2) is 59.3 Å². The zero-order valence-corrected chi connectivity index (χ0v) is 18.1. The van der Waals surface area contributed by atoms with Crippen molar-refractivity contribution >= 4 is 45.3 Å². The van der Waals surface area contributed by atoms with E-state index in [1.165, 1.54) is 33.8 Å². The molecule has 1 aromatic heterocycles. The monoisotopic (exact) mass is 448 g/mol. The average molecular weight is 449 g/mol. The number of benzene rings is 1. The third kappa shape index (κ3) is 5.15. The molecule has 1 aromatic carbocycles. The van der Waals surface area contributed by atoms with Crippen molar-refractivity contribution in [1.82, 2.24) is 19.0 Å². The van der Waals surface area contributed by atoms with E-state index in [0.717, 1.165) is 26.5 Å². The highest BCUT2D eigenvalue weighted by Crippen LogP contribution is 2.23. The van der Waals surface area contributed by atoms with Crippen molar-refractivity contribution in [3.05, 3.63) is 34.0 Å². The van der Waals surface area contributed by atoms with E-state index >= 15 is 0 Å². The Bertz CT molecular complexity index is 936. The van der Waals surface area contributed by atoms with Gasteiger partial charge in [-0.1, -0.05) is 36.1 Å². The lowest BCUT2D eigenvalue weighted by atomic mass is 10.4. The van der Waals surface area contributed by atoms with Gasteiger partial charge in [-0.05, 0) is 36.8 Å². The van der Waals surface area contributed by atoms with E-state index in [9.17, 15) is 12.8 Å². The minimum atomic E-state index is -3.67. The van der Waals surface area contributed by atoms with Crippen molar-refractivity contribution in [3.8, 4) is 0 Å². The smallest absolute Gasteiger partial charge is 0.243 e. The summed E-state index contributed by atoms with van der Waals surface area (Å²) in [5.41, 5.74) is 0. The van der Waals surface area contributed by atoms with Crippen LogP contribution < -0.4 is 0 Å². The Kier molecular flexibility index (Phi) is 7.03. The molecular weight excluding hydrogens is 427 g/mol. The number of sulfonamides is 1. The molecule has 0 amide bonds. The molecule has 0 aliphatic carbocycles. The number of hydrogen-bond donors (Lipinski definition) is 0. The highest BCUT2D eigenvalue weighted by Gasteiger charge is 2.29. The van der Waals surface area contributed by atoms with Gasteiger partial charge in [-0.2, -0.15) is 9.40 Å². The van der Waals surface area contributed by atoms with Crippen LogP contribution in [0.5, 0.6) is 0 Å². The average Bonchev–Trinajstić information content (AvgIpc) is 3.00. The predicted octanol–water partition coefficient (Wildman–Crippen LogP) is 3.28. The van der Waals surface area contributed by atoms with E-state index in [-0.39, 0.29) is 4.90 Å². The van der Waals surface area contributed by atoms with Crippen molar-refractivity contribution in [2.24, 2.45) is 0 Å². The molecule has 0 spiro atoms. The van der Waals surface area contributed by atoms with Gasteiger partial charge in [-0.15, -0.1) is 0 Å². The quantitative estimate of drug-likeness (QED) is 0.479. The van der Waals surface area contributed by atoms with Crippen LogP contribution in [0.3, 0.4) is 0 Å². The lowest BCUT2D eigenvalue weighted by molar-refractivity contribution is 0.144. The molecule has 0 N–H and O–H groups in total. The summed E-state index contributed by atoms with van der Waals surface area (Å²) in [6.45, 7) is 4.54. The maximum absolute atomic E-state index is 13.4. The van der Waals surface area contributed by atoms with E-state index in [2.05, 4.69) is 16.9 Å². The zero-order valence-electron chi connectivity index (χ0n) is 14.9. The molecule has 0 saturated carbocycles. The summed E-state index contributed by atoms with van der Waals surface area (Å²) in [6.07, 6.45) is 1.08. The maximum atomic E-state index is 13.4. The summed E-state index contributed by atoms with van der Waals surface area (Å²) in [4.78, 5) is 2.12. The predicted molar refractivity (Wildman–Crippen MR) is 109 cm³/mol. The Labute approximate surface area is 172 Å². The molecule has 1 fully saturated rings. The first-order valence-electron chi connectivity index (χ1n) is 8.59. The van der Waals surface area contributed by atoms with Crippen molar-refractivity contribution in [2.75, 3.05) is 31.9 Å². The molecule has 0 radical (unpaired) electrons. The van der Waals surface area contributed by atoms with Crippen molar-refractivity contribution in [1.29, 1.82) is 0 Å². The van der Waals surface area contributed by atoms with Crippen LogP contribution in [0.4, 0.5) is 4.39 Å². The molecule has 0 unspecified atom stereocenters. The Morgan fingerprint density at radius 3 is 2.70 bits per heavy atom. The minimum Gasteiger partial charge on any atom is -0.282 e. The summed E-state index contributed by atoms with van der Waals surface area (Å²) in [5.74, 6) is 0.461. The SMILES string of the molecule is CCCSc1nn(CN2CCN(S(=O)(=O)c3cccc(F)c3)CC2)c(=S)s1. The third-order valence-electron chi connectivity index (χ3n) is 4.12. The number of halogens is 1. The van der Waals surface area contributed by atoms with Crippen LogP contribution in [0.2, 0.25) is 0 Å². The highest BCUT2D eigenvalue weighted by molar-refractivity contribution is 8.01. The van der Waals surface area contributed by atoms with Gasteiger partial charge >= 0.3 is 0 Å². The summed E-state index contributed by atoms with van der Waals surface area (Å²) in [7, 11) is -3.67. The van der Waals surface area contributed by atoms with Gasteiger partial charge < -0.3 is 0 Å². The van der Waals surface area contributed by atoms with E-state index in [0.29, 0.717) is 32.8 Å². The van der Waals surface area contributed by atoms with Crippen molar-refractivity contribution in [3.63, 3.8) is 0 Å². The molecule has 0 atom stereocenters. The van der Waals surface area contributed by atoms with Gasteiger partial charge in [0.05, 0.1) is 11.6 Å². The molecule has 3 rings (SSSR count). The second-order valence-corrected chi connectivity index (χ2v) is 11.0. The topological polar surface area (TPSA) is 58.4 Å². The molecule has 2 aromatic rings. The fourth-order valence-corrected chi connectivity index (χ4v) is 6.40. The largest absolute Gasteiger partial charge is 0.282 e. The zero-order chi connectivity index (χ0) is 19.4. The van der Waals surface area contributed by atoms with Gasteiger partial charge in [0.25, 0.3) is 0 Å². The minimum absolute atomic E-state index is 0.00439. The molecule has 6 nitrogen and oxygen atoms in total. The number of rotatable bonds is 7. The Morgan fingerprint density at radius 1 is 1.30 bits per heavy atom. The number of hydrogen-bond acceptors (Lipinski definition) is 7. The second-order valence-electron chi connectivity index (χ2n) is 6.10. The van der Waals surface area contributed by atoms with Crippen molar-refractivity contribution in [2.45, 2.75) is 29.2 Å². The molecule has 1 aliphatic heterocycles. The van der Waals surface area contributed by atoms with Gasteiger partial charge in [0.2, 0.25) is 10.0 Å². The molecule has 148 valence electrons. The lowest BCUT2D eigenvalue weighted by Crippen LogP contribution is -2.48. The van der Waals surface area contributed by atoms with E-state index in [1.807, 2.05) is 0 Å². The van der Waals surface area contributed by atoms with Gasteiger partial charge in [-0.3, -0.25) is 4.90 Å². The van der Waals surface area contributed by atoms with E-state index in [1.54, 1.807) is 16.4 Å². The number of thioether (sulfide) groups is 1. The molecular formula is C16H21FN4O2S4. The van der Waals surface area contributed by atoms with Crippen LogP contribution in [0.1, 0.15) is 13.3 Å². The second kappa shape index (κ2) is 9.10. The van der Waals surface area contributed by atoms with Crippen LogP contribution >= 0.6 is 35.3 Å². The van der Waals surface area contributed by atoms with Gasteiger partial charge in [-0.25, -0.2) is 17.5 Å². The van der Waals surface area contributed by atoms with Crippen LogP contribution in [0.25, 0.3) is 0 Å². The summed E-state index contributed by atoms with van der Waals surface area (Å²) >= 11 is 8.60. The van der Waals surface area contributed by atoms with Crippen LogP contribution in [0.15, 0.2) is 33.5 Å². The normalized spacial score (nSPS) is 16.7. The van der Waals surface area contributed by atoms with Gasteiger partial charge in [0.1, 0.15) is 5.82 Å². The maximum Gasteiger partial charge on any atom is 0.243 e. The molecule has 1 saturated heterocycles. The van der Waals surface area contributed by atoms with E-state index < -0.39 is 15.8 Å². The Hall–Kier alpha value is -0.850. The standard InChI is InChI=1S/C16H21FN4O2S4/c1-2-10-25-15-18-21(16(24)26-15)12-19-6-8-20(9-7-19)27(22,23)14-5-3-4-13(17)11-14/h3-5,11H,2,6-10,12H2,1H3. The van der Waals surface area contributed by atoms with Crippen LogP contribution in [-0.2, 0) is 16.7 Å². The number of nitrogens with zero attached hydrogens (tertiary/aromatic N) is 4. The van der Waals surface area contributed by atoms with Crippen molar-refractivity contribution < 1.29 is 12.8 Å². The lowest BCUT2D eigenvalue weighted by Gasteiger charge is -2.33. The molecule has 11 heteroatoms. The van der Waals surface area contributed by atoms with Gasteiger partial charge in [0, 0.05) is 31.9 Å². The third-order valence-corrected chi connectivity index (χ3v) is 8.66. The molecule has 1 aliphatic rings. The molecule has 0 bridgehead atoms. The fourth-order valence-electron chi connectivity index (χ4n) is 2.70. The first-order chi connectivity index (χ1) is 12.9. The first-order valence-corrected chi connectivity index (χ1v) is 12.2. The van der Waals surface area contributed by atoms with Gasteiger partial charge in [0.15, 0.2) is 8.29 Å². The van der Waals surface area contributed by atoms with Crippen LogP contribution in [0, 0.1) is 9.77 Å². The van der Waals surface area contributed by atoms with E-state index in [4.69, 9.17) is 12.2 Å². The Morgan fingerprint density at radius 2 is 2.04 bits per heavy atom. The number of aromatic nitrogens is 2. The first kappa shape index (κ1) is 20.9. The number of piperazine rings is 1. The summed E-state index contributed by atoms with van der Waals surface area (Å²) in [5, 5.41) is 4.55. The summed E-state index contributed by atoms with van der Waals surface area (Å²) < 4.78 is 43.6. The highest BCUT2D eigenvalue weighted by atomic mass is 32.2. The molecule has 2 heterocycles. The fraction of sp³-hybridized carbons (Fsp3) is 0.500. The summed E-state index contributed by atoms with van der Waals surface area (Å²) in [6, 6.07) is 5.14. The Balaban J connectivity index is 1.61. The molecule has 27 heavy (non-hydrogen) atoms.